The van der Waals surface area contributed by atoms with Crippen LogP contribution >= 0.6 is 0 Å². The predicted octanol–water partition coefficient (Wildman–Crippen LogP) is 4.87. The summed E-state index contributed by atoms with van der Waals surface area (Å²) in [5, 5.41) is 4.09. The average molecular weight is 406 g/mol. The van der Waals surface area contributed by atoms with Gasteiger partial charge in [-0.05, 0) is 48.7 Å². The van der Waals surface area contributed by atoms with Crippen LogP contribution in [0.25, 0.3) is 10.9 Å². The molecule has 2 aliphatic rings. The molecule has 2 heterocycles. The molecule has 1 aliphatic carbocycles. The standard InChI is InChI=1S/C24H26N2O4/c1-23(2,3)20-12-15-16(25-20)6-7-17(21(15)28-4)26-22(27)24(9-10-24)14-5-8-18-19(11-14)30-13-29-18/h5-8,11-12,25H,9-10,13H2,1-4H3,(H,26,27). The maximum absolute atomic E-state index is 13.3. The number of benzene rings is 2. The molecule has 0 bridgehead atoms. The van der Waals surface area contributed by atoms with Crippen molar-refractivity contribution in [2.45, 2.75) is 44.4 Å². The monoisotopic (exact) mass is 406 g/mol. The number of carbonyl (C=O) groups excluding carboxylic acids is 1. The van der Waals surface area contributed by atoms with Gasteiger partial charge in [-0.3, -0.25) is 4.79 Å². The number of anilines is 1. The van der Waals surface area contributed by atoms with E-state index in [0.29, 0.717) is 17.2 Å². The third kappa shape index (κ3) is 2.90. The number of hydrogen-bond acceptors (Lipinski definition) is 4. The number of aromatic nitrogens is 1. The molecule has 5 rings (SSSR count). The van der Waals surface area contributed by atoms with Crippen LogP contribution < -0.4 is 19.5 Å². The summed E-state index contributed by atoms with van der Waals surface area (Å²) < 4.78 is 16.6. The van der Waals surface area contributed by atoms with Crippen molar-refractivity contribution in [2.24, 2.45) is 0 Å². The third-order valence-electron chi connectivity index (χ3n) is 6.12. The Bertz CT molecular complexity index is 1150. The normalized spacial score (nSPS) is 16.5. The molecule has 1 amide bonds. The van der Waals surface area contributed by atoms with Gasteiger partial charge in [0.1, 0.15) is 0 Å². The van der Waals surface area contributed by atoms with Crippen LogP contribution in [0.3, 0.4) is 0 Å². The lowest BCUT2D eigenvalue weighted by Gasteiger charge is -2.18. The van der Waals surface area contributed by atoms with Crippen LogP contribution in [0.5, 0.6) is 17.2 Å². The van der Waals surface area contributed by atoms with Crippen molar-refractivity contribution in [3.05, 3.63) is 47.7 Å². The molecule has 2 N–H and O–H groups in total. The number of rotatable bonds is 4. The molecule has 0 unspecified atom stereocenters. The van der Waals surface area contributed by atoms with Crippen LogP contribution in [0.2, 0.25) is 0 Å². The largest absolute Gasteiger partial charge is 0.494 e. The topological polar surface area (TPSA) is 72.6 Å². The summed E-state index contributed by atoms with van der Waals surface area (Å²) in [5.41, 5.74) is 3.22. The van der Waals surface area contributed by atoms with Gasteiger partial charge in [-0.15, -0.1) is 0 Å². The van der Waals surface area contributed by atoms with E-state index in [0.717, 1.165) is 40.8 Å². The lowest BCUT2D eigenvalue weighted by molar-refractivity contribution is -0.118. The fourth-order valence-electron chi connectivity index (χ4n) is 4.11. The van der Waals surface area contributed by atoms with E-state index in [1.165, 1.54) is 0 Å². The highest BCUT2D eigenvalue weighted by Crippen LogP contribution is 2.51. The Kier molecular flexibility index (Phi) is 4.04. The molecular formula is C24H26N2O4. The van der Waals surface area contributed by atoms with Crippen molar-refractivity contribution in [3.63, 3.8) is 0 Å². The quantitative estimate of drug-likeness (QED) is 0.648. The lowest BCUT2D eigenvalue weighted by atomic mass is 9.92. The van der Waals surface area contributed by atoms with Crippen LogP contribution in [0.15, 0.2) is 36.4 Å². The minimum Gasteiger partial charge on any atom is -0.494 e. The van der Waals surface area contributed by atoms with Crippen molar-refractivity contribution in [1.29, 1.82) is 0 Å². The minimum atomic E-state index is -0.532. The summed E-state index contributed by atoms with van der Waals surface area (Å²) in [6, 6.07) is 11.8. The van der Waals surface area contributed by atoms with Gasteiger partial charge < -0.3 is 24.5 Å². The highest BCUT2D eigenvalue weighted by atomic mass is 16.7. The SMILES string of the molecule is COc1c(NC(=O)C2(c3ccc4c(c3)OCO4)CC2)ccc2[nH]c(C(C)(C)C)cc12. The zero-order valence-electron chi connectivity index (χ0n) is 17.7. The number of aromatic amines is 1. The van der Waals surface area contributed by atoms with Gasteiger partial charge >= 0.3 is 0 Å². The molecule has 3 aromatic rings. The fourth-order valence-corrected chi connectivity index (χ4v) is 4.11. The molecule has 30 heavy (non-hydrogen) atoms. The summed E-state index contributed by atoms with van der Waals surface area (Å²) in [5.74, 6) is 2.08. The van der Waals surface area contributed by atoms with E-state index in [9.17, 15) is 4.79 Å². The molecule has 1 aromatic heterocycles. The molecule has 2 aromatic carbocycles. The maximum atomic E-state index is 13.3. The predicted molar refractivity (Wildman–Crippen MR) is 116 cm³/mol. The highest BCUT2D eigenvalue weighted by Gasteiger charge is 2.52. The van der Waals surface area contributed by atoms with E-state index in [1.54, 1.807) is 7.11 Å². The first kappa shape index (κ1) is 18.9. The lowest BCUT2D eigenvalue weighted by Crippen LogP contribution is -2.28. The summed E-state index contributed by atoms with van der Waals surface area (Å²) >= 11 is 0. The first-order chi connectivity index (χ1) is 14.3. The van der Waals surface area contributed by atoms with Crippen LogP contribution in [0.1, 0.15) is 44.9 Å². The molecular weight excluding hydrogens is 380 g/mol. The second-order valence-electron chi connectivity index (χ2n) is 9.14. The summed E-state index contributed by atoms with van der Waals surface area (Å²) in [7, 11) is 1.64. The molecule has 0 radical (unpaired) electrons. The van der Waals surface area contributed by atoms with Crippen molar-refractivity contribution >= 4 is 22.5 Å². The van der Waals surface area contributed by atoms with Gasteiger partial charge in [-0.25, -0.2) is 0 Å². The van der Waals surface area contributed by atoms with Gasteiger partial charge in [0.25, 0.3) is 0 Å². The van der Waals surface area contributed by atoms with Crippen molar-refractivity contribution in [2.75, 3.05) is 19.2 Å². The number of hydrogen-bond donors (Lipinski definition) is 2. The van der Waals surface area contributed by atoms with Crippen LogP contribution in [-0.4, -0.2) is 24.8 Å². The number of H-pyrrole nitrogens is 1. The number of methoxy groups -OCH3 is 1. The first-order valence-corrected chi connectivity index (χ1v) is 10.2. The number of carbonyl (C=O) groups is 1. The second kappa shape index (κ2) is 6.42. The van der Waals surface area contributed by atoms with Gasteiger partial charge in [-0.1, -0.05) is 26.8 Å². The zero-order valence-corrected chi connectivity index (χ0v) is 17.7. The molecule has 0 saturated heterocycles. The first-order valence-electron chi connectivity index (χ1n) is 10.2. The Morgan fingerprint density at radius 3 is 2.57 bits per heavy atom. The van der Waals surface area contributed by atoms with Gasteiger partial charge in [0.2, 0.25) is 12.7 Å². The van der Waals surface area contributed by atoms with E-state index in [-0.39, 0.29) is 18.1 Å². The van der Waals surface area contributed by atoms with E-state index < -0.39 is 5.41 Å². The number of ether oxygens (including phenoxy) is 3. The van der Waals surface area contributed by atoms with E-state index in [1.807, 2.05) is 30.3 Å². The number of amides is 1. The fraction of sp³-hybridized carbons (Fsp3) is 0.375. The average Bonchev–Trinajstić information content (AvgIpc) is 3.18. The van der Waals surface area contributed by atoms with E-state index >= 15 is 0 Å². The highest BCUT2D eigenvalue weighted by molar-refractivity contribution is 6.05. The van der Waals surface area contributed by atoms with E-state index in [2.05, 4.69) is 37.1 Å². The van der Waals surface area contributed by atoms with Gasteiger partial charge in [0, 0.05) is 22.0 Å². The van der Waals surface area contributed by atoms with Crippen LogP contribution in [0, 0.1) is 0 Å². The van der Waals surface area contributed by atoms with Crippen LogP contribution in [-0.2, 0) is 15.6 Å². The van der Waals surface area contributed by atoms with E-state index in [4.69, 9.17) is 14.2 Å². The number of fused-ring (bicyclic) bond motifs is 2. The summed E-state index contributed by atoms with van der Waals surface area (Å²) in [6.07, 6.45) is 1.61. The van der Waals surface area contributed by atoms with Crippen LogP contribution in [0.4, 0.5) is 5.69 Å². The van der Waals surface area contributed by atoms with Gasteiger partial charge in [-0.2, -0.15) is 0 Å². The Labute approximate surface area is 175 Å². The molecule has 0 atom stereocenters. The summed E-state index contributed by atoms with van der Waals surface area (Å²) in [4.78, 5) is 16.8. The Morgan fingerprint density at radius 2 is 1.87 bits per heavy atom. The van der Waals surface area contributed by atoms with Gasteiger partial charge in [0.05, 0.1) is 18.2 Å². The van der Waals surface area contributed by atoms with Crippen molar-refractivity contribution in [1.82, 2.24) is 4.98 Å². The molecule has 1 aliphatic heterocycles. The second-order valence-corrected chi connectivity index (χ2v) is 9.14. The Morgan fingerprint density at radius 1 is 1.10 bits per heavy atom. The Hall–Kier alpha value is -3.15. The maximum Gasteiger partial charge on any atom is 0.235 e. The molecule has 156 valence electrons. The van der Waals surface area contributed by atoms with Crippen molar-refractivity contribution in [3.8, 4) is 17.2 Å². The Balaban J connectivity index is 1.47. The molecule has 1 fully saturated rings. The molecule has 0 spiro atoms. The number of nitrogens with one attached hydrogen (secondary N) is 2. The third-order valence-corrected chi connectivity index (χ3v) is 6.12. The molecule has 6 nitrogen and oxygen atoms in total. The minimum absolute atomic E-state index is 0.00906. The van der Waals surface area contributed by atoms with Gasteiger partial charge in [0.15, 0.2) is 17.2 Å². The summed E-state index contributed by atoms with van der Waals surface area (Å²) in [6.45, 7) is 6.71. The molecule has 6 heteroatoms. The van der Waals surface area contributed by atoms with Crippen molar-refractivity contribution < 1.29 is 19.0 Å². The smallest absolute Gasteiger partial charge is 0.235 e. The molecule has 1 saturated carbocycles. The zero-order chi connectivity index (χ0) is 21.1.